The number of fused-ring (bicyclic) bond motifs is 1. The zero-order valence-electron chi connectivity index (χ0n) is 11.0. The van der Waals surface area contributed by atoms with Crippen molar-refractivity contribution in [2.75, 3.05) is 12.8 Å². The van der Waals surface area contributed by atoms with Crippen LogP contribution in [0.1, 0.15) is 16.3 Å². The van der Waals surface area contributed by atoms with Crippen LogP contribution in [0.2, 0.25) is 0 Å². The molecule has 20 heavy (non-hydrogen) atoms. The maximum atomic E-state index is 11.3. The number of anilines is 1. The summed E-state index contributed by atoms with van der Waals surface area (Å²) in [5, 5.41) is 1.07. The van der Waals surface area contributed by atoms with E-state index in [1.165, 1.54) is 7.11 Å². The number of rotatable bonds is 3. The lowest BCUT2D eigenvalue weighted by molar-refractivity contribution is 0.0563. The van der Waals surface area contributed by atoms with Crippen LogP contribution in [0.15, 0.2) is 47.0 Å². The highest BCUT2D eigenvalue weighted by molar-refractivity contribution is 5.86. The number of carbonyl (C=O) groups excluding carboxylic acids is 1. The normalized spacial score (nSPS) is 10.8. The fourth-order valence-corrected chi connectivity index (χ4v) is 2.20. The molecular weight excluding hydrogens is 256 g/mol. The Hall–Kier alpha value is -2.69. The molecule has 0 spiro atoms. The van der Waals surface area contributed by atoms with Crippen LogP contribution in [0.5, 0.6) is 0 Å². The number of hydrogen-bond donors (Lipinski definition) is 1. The zero-order chi connectivity index (χ0) is 14.1. The number of nitrogens with zero attached hydrogens (tertiary/aromatic N) is 1. The van der Waals surface area contributed by atoms with Gasteiger partial charge in [0.2, 0.25) is 5.76 Å². The highest BCUT2D eigenvalue weighted by atomic mass is 16.5. The molecule has 0 aliphatic rings. The summed E-state index contributed by atoms with van der Waals surface area (Å²) >= 11 is 0. The van der Waals surface area contributed by atoms with Gasteiger partial charge in [0.25, 0.3) is 0 Å². The maximum absolute atomic E-state index is 11.3. The molecule has 102 valence electrons. The first-order valence-electron chi connectivity index (χ1n) is 6.19. The molecule has 5 nitrogen and oxygen atoms in total. The maximum Gasteiger partial charge on any atom is 0.373 e. The van der Waals surface area contributed by atoms with Crippen LogP contribution in [0, 0.1) is 0 Å². The lowest BCUT2D eigenvalue weighted by atomic mass is 10.2. The van der Waals surface area contributed by atoms with E-state index in [-0.39, 0.29) is 5.76 Å². The molecule has 0 saturated heterocycles. The number of furan rings is 1. The summed E-state index contributed by atoms with van der Waals surface area (Å²) in [5.41, 5.74) is 7.56. The van der Waals surface area contributed by atoms with Gasteiger partial charge < -0.3 is 19.5 Å². The minimum atomic E-state index is -0.471. The number of nitrogens with two attached hydrogens (primary N) is 1. The number of esters is 1. The second-order valence-electron chi connectivity index (χ2n) is 4.52. The summed E-state index contributed by atoms with van der Waals surface area (Å²) in [6, 6.07) is 11.1. The SMILES string of the molecule is COC(=O)c1ccc(Cn2ccc3cc(N)ccc32)o1. The van der Waals surface area contributed by atoms with Crippen molar-refractivity contribution < 1.29 is 13.9 Å². The van der Waals surface area contributed by atoms with E-state index in [4.69, 9.17) is 10.2 Å². The number of benzene rings is 1. The van der Waals surface area contributed by atoms with Gasteiger partial charge in [-0.05, 0) is 36.4 Å². The fourth-order valence-electron chi connectivity index (χ4n) is 2.20. The fraction of sp³-hybridized carbons (Fsp3) is 0.133. The standard InChI is InChI=1S/C15H14N2O3/c1-19-15(18)14-5-3-12(20-14)9-17-7-6-10-8-11(16)2-4-13(10)17/h2-8H,9,16H2,1H3. The molecule has 5 heteroatoms. The topological polar surface area (TPSA) is 70.4 Å². The van der Waals surface area contributed by atoms with Gasteiger partial charge in [0, 0.05) is 22.8 Å². The Morgan fingerprint density at radius 3 is 2.95 bits per heavy atom. The molecule has 0 saturated carbocycles. The molecule has 3 aromatic rings. The van der Waals surface area contributed by atoms with Crippen molar-refractivity contribution in [3.05, 3.63) is 54.1 Å². The average Bonchev–Trinajstić information content (AvgIpc) is 3.06. The van der Waals surface area contributed by atoms with Crippen LogP contribution in [-0.4, -0.2) is 17.6 Å². The molecular formula is C15H14N2O3. The van der Waals surface area contributed by atoms with Crippen molar-refractivity contribution in [1.82, 2.24) is 4.57 Å². The van der Waals surface area contributed by atoms with E-state index in [0.29, 0.717) is 12.3 Å². The van der Waals surface area contributed by atoms with E-state index in [1.54, 1.807) is 12.1 Å². The summed E-state index contributed by atoms with van der Waals surface area (Å²) in [6.45, 7) is 0.546. The third-order valence-electron chi connectivity index (χ3n) is 3.17. The quantitative estimate of drug-likeness (QED) is 0.586. The van der Waals surface area contributed by atoms with Crippen molar-refractivity contribution in [2.24, 2.45) is 0 Å². The van der Waals surface area contributed by atoms with Crippen LogP contribution >= 0.6 is 0 Å². The molecule has 1 aromatic carbocycles. The molecule has 0 radical (unpaired) electrons. The van der Waals surface area contributed by atoms with Gasteiger partial charge in [-0.3, -0.25) is 0 Å². The van der Waals surface area contributed by atoms with Crippen molar-refractivity contribution >= 4 is 22.6 Å². The first kappa shape index (κ1) is 12.3. The molecule has 0 aliphatic heterocycles. The minimum Gasteiger partial charge on any atom is -0.463 e. The van der Waals surface area contributed by atoms with Gasteiger partial charge >= 0.3 is 5.97 Å². The first-order valence-corrected chi connectivity index (χ1v) is 6.19. The monoisotopic (exact) mass is 270 g/mol. The molecule has 2 N–H and O–H groups in total. The second-order valence-corrected chi connectivity index (χ2v) is 4.52. The Bertz CT molecular complexity index is 770. The number of aromatic nitrogens is 1. The molecule has 3 rings (SSSR count). The summed E-state index contributed by atoms with van der Waals surface area (Å²) in [4.78, 5) is 11.3. The van der Waals surface area contributed by atoms with E-state index in [2.05, 4.69) is 4.74 Å². The Balaban J connectivity index is 1.89. The number of nitrogen functional groups attached to an aromatic ring is 1. The van der Waals surface area contributed by atoms with Gasteiger partial charge in [-0.2, -0.15) is 0 Å². The molecule has 0 fully saturated rings. The van der Waals surface area contributed by atoms with Gasteiger partial charge in [0.15, 0.2) is 0 Å². The molecule has 2 heterocycles. The van der Waals surface area contributed by atoms with Crippen molar-refractivity contribution in [3.8, 4) is 0 Å². The van der Waals surface area contributed by atoms with Crippen molar-refractivity contribution in [3.63, 3.8) is 0 Å². The van der Waals surface area contributed by atoms with Gasteiger partial charge in [0.05, 0.1) is 13.7 Å². The van der Waals surface area contributed by atoms with Crippen molar-refractivity contribution in [1.29, 1.82) is 0 Å². The molecule has 0 aliphatic carbocycles. The number of ether oxygens (including phenoxy) is 1. The number of carbonyl (C=O) groups is 1. The van der Waals surface area contributed by atoms with Gasteiger partial charge in [0.1, 0.15) is 5.76 Å². The predicted molar refractivity (Wildman–Crippen MR) is 75.5 cm³/mol. The summed E-state index contributed by atoms with van der Waals surface area (Å²) in [7, 11) is 1.33. The summed E-state index contributed by atoms with van der Waals surface area (Å²) < 4.78 is 12.1. The highest BCUT2D eigenvalue weighted by Gasteiger charge is 2.11. The van der Waals surface area contributed by atoms with Crippen molar-refractivity contribution in [2.45, 2.75) is 6.54 Å². The first-order chi connectivity index (χ1) is 9.67. The summed E-state index contributed by atoms with van der Waals surface area (Å²) in [6.07, 6.45) is 1.96. The van der Waals surface area contributed by atoms with Gasteiger partial charge in [-0.15, -0.1) is 0 Å². The Kier molecular flexibility index (Phi) is 2.95. The summed E-state index contributed by atoms with van der Waals surface area (Å²) in [5.74, 6) is 0.435. The van der Waals surface area contributed by atoms with E-state index >= 15 is 0 Å². The smallest absolute Gasteiger partial charge is 0.373 e. The Morgan fingerprint density at radius 2 is 2.15 bits per heavy atom. The predicted octanol–water partition coefficient (Wildman–Crippen LogP) is 2.65. The van der Waals surface area contributed by atoms with E-state index < -0.39 is 5.97 Å². The third kappa shape index (κ3) is 2.14. The third-order valence-corrected chi connectivity index (χ3v) is 3.17. The zero-order valence-corrected chi connectivity index (χ0v) is 11.0. The van der Waals surface area contributed by atoms with E-state index in [0.717, 1.165) is 16.6 Å². The Morgan fingerprint density at radius 1 is 1.30 bits per heavy atom. The molecule has 0 unspecified atom stereocenters. The van der Waals surface area contributed by atoms with Crippen LogP contribution in [-0.2, 0) is 11.3 Å². The average molecular weight is 270 g/mol. The second kappa shape index (κ2) is 4.77. The van der Waals surface area contributed by atoms with Gasteiger partial charge in [-0.1, -0.05) is 0 Å². The van der Waals surface area contributed by atoms with Crippen LogP contribution in [0.3, 0.4) is 0 Å². The van der Waals surface area contributed by atoms with Crippen LogP contribution in [0.25, 0.3) is 10.9 Å². The van der Waals surface area contributed by atoms with E-state index in [9.17, 15) is 4.79 Å². The molecule has 0 bridgehead atoms. The van der Waals surface area contributed by atoms with Crippen LogP contribution in [0.4, 0.5) is 5.69 Å². The highest BCUT2D eigenvalue weighted by Crippen LogP contribution is 2.20. The lowest BCUT2D eigenvalue weighted by Gasteiger charge is -2.03. The number of methoxy groups -OCH3 is 1. The number of hydrogen-bond acceptors (Lipinski definition) is 4. The van der Waals surface area contributed by atoms with Gasteiger partial charge in [-0.25, -0.2) is 4.79 Å². The minimum absolute atomic E-state index is 0.211. The molecule has 2 aromatic heterocycles. The van der Waals surface area contributed by atoms with Crippen LogP contribution < -0.4 is 5.73 Å². The van der Waals surface area contributed by atoms with E-state index in [1.807, 2.05) is 35.0 Å². The molecule has 0 atom stereocenters. The Labute approximate surface area is 115 Å². The lowest BCUT2D eigenvalue weighted by Crippen LogP contribution is -1.99. The largest absolute Gasteiger partial charge is 0.463 e. The molecule has 0 amide bonds.